The molecule has 1 heterocycles. The third kappa shape index (κ3) is 6.15. The Morgan fingerprint density at radius 2 is 1.65 bits per heavy atom. The molecule has 0 spiro atoms. The highest BCUT2D eigenvalue weighted by atomic mass is 15.3. The Morgan fingerprint density at radius 3 is 2.29 bits per heavy atom. The molecule has 0 aliphatic carbocycles. The highest BCUT2D eigenvalue weighted by Crippen LogP contribution is 2.19. The summed E-state index contributed by atoms with van der Waals surface area (Å²) in [5.41, 5.74) is 2.33. The molecule has 1 atom stereocenters. The summed E-state index contributed by atoms with van der Waals surface area (Å²) in [6.07, 6.45) is 1.73. The van der Waals surface area contributed by atoms with E-state index in [1.54, 1.807) is 6.33 Å². The number of rotatable bonds is 10. The van der Waals surface area contributed by atoms with Crippen LogP contribution in [-0.4, -0.2) is 51.8 Å². The second kappa shape index (κ2) is 11.9. The molecule has 2 N–H and O–H groups in total. The first-order chi connectivity index (χ1) is 15.3. The summed E-state index contributed by atoms with van der Waals surface area (Å²) in [6.45, 7) is 10.5. The van der Waals surface area contributed by atoms with Gasteiger partial charge in [0, 0.05) is 18.8 Å². The molecule has 0 fully saturated rings. The summed E-state index contributed by atoms with van der Waals surface area (Å²) >= 11 is 0. The standard InChI is InChI=1S/C24H33N7/c1-4-25-24(26-17-22(30(5-2)6-3)20-13-9-7-10-14-20)27-18-23-29-28-19-31(23)21-15-11-8-12-16-21/h7-16,19,22H,4-6,17-18H2,1-3H3,(H2,25,26,27). The maximum Gasteiger partial charge on any atom is 0.191 e. The van der Waals surface area contributed by atoms with Gasteiger partial charge in [-0.2, -0.15) is 0 Å². The highest BCUT2D eigenvalue weighted by molar-refractivity contribution is 5.79. The molecular formula is C24H33N7. The van der Waals surface area contributed by atoms with Crippen LogP contribution in [0.2, 0.25) is 0 Å². The zero-order chi connectivity index (χ0) is 21.9. The fraction of sp³-hybridized carbons (Fsp3) is 0.375. The Balaban J connectivity index is 1.73. The Kier molecular flexibility index (Phi) is 8.60. The first kappa shape index (κ1) is 22.5. The molecule has 7 nitrogen and oxygen atoms in total. The molecule has 0 amide bonds. The zero-order valence-corrected chi connectivity index (χ0v) is 18.7. The van der Waals surface area contributed by atoms with Gasteiger partial charge in [-0.3, -0.25) is 9.47 Å². The van der Waals surface area contributed by atoms with E-state index in [1.165, 1.54) is 5.56 Å². The first-order valence-corrected chi connectivity index (χ1v) is 11.0. The number of aromatic nitrogens is 3. The Labute approximate surface area is 185 Å². The minimum absolute atomic E-state index is 0.271. The number of aliphatic imine (C=N–C) groups is 1. The predicted molar refractivity (Wildman–Crippen MR) is 126 cm³/mol. The van der Waals surface area contributed by atoms with Crippen molar-refractivity contribution in [3.8, 4) is 5.69 Å². The number of nitrogens with zero attached hydrogens (tertiary/aromatic N) is 5. The van der Waals surface area contributed by atoms with Crippen molar-refractivity contribution in [2.45, 2.75) is 33.4 Å². The van der Waals surface area contributed by atoms with Crippen LogP contribution in [0.5, 0.6) is 0 Å². The number of benzene rings is 2. The largest absolute Gasteiger partial charge is 0.357 e. The smallest absolute Gasteiger partial charge is 0.191 e. The number of hydrogen-bond donors (Lipinski definition) is 2. The summed E-state index contributed by atoms with van der Waals surface area (Å²) in [5.74, 6) is 1.57. The lowest BCUT2D eigenvalue weighted by Gasteiger charge is -2.30. The van der Waals surface area contributed by atoms with Crippen LogP contribution in [0.15, 0.2) is 72.0 Å². The van der Waals surface area contributed by atoms with E-state index >= 15 is 0 Å². The second-order valence-corrected chi connectivity index (χ2v) is 7.18. The number of nitrogens with one attached hydrogen (secondary N) is 2. The SMILES string of the molecule is CCNC(=NCc1nncn1-c1ccccc1)NCC(c1ccccc1)N(CC)CC. The molecule has 3 aromatic rings. The molecule has 0 saturated carbocycles. The Bertz CT molecular complexity index is 917. The summed E-state index contributed by atoms with van der Waals surface area (Å²) in [7, 11) is 0. The van der Waals surface area contributed by atoms with Crippen molar-refractivity contribution in [2.24, 2.45) is 4.99 Å². The Hall–Kier alpha value is -3.19. The van der Waals surface area contributed by atoms with Crippen LogP contribution in [0.25, 0.3) is 5.69 Å². The number of hydrogen-bond acceptors (Lipinski definition) is 4. The molecule has 1 aromatic heterocycles. The lowest BCUT2D eigenvalue weighted by atomic mass is 10.1. The van der Waals surface area contributed by atoms with Crippen molar-refractivity contribution >= 4 is 5.96 Å². The third-order valence-corrected chi connectivity index (χ3v) is 5.28. The average Bonchev–Trinajstić information content (AvgIpc) is 3.30. The van der Waals surface area contributed by atoms with E-state index in [0.717, 1.165) is 43.7 Å². The van der Waals surface area contributed by atoms with E-state index in [-0.39, 0.29) is 6.04 Å². The van der Waals surface area contributed by atoms with Crippen LogP contribution in [0.4, 0.5) is 0 Å². The van der Waals surface area contributed by atoms with Crippen LogP contribution in [0.3, 0.4) is 0 Å². The van der Waals surface area contributed by atoms with Gasteiger partial charge in [0.15, 0.2) is 11.8 Å². The van der Waals surface area contributed by atoms with Crippen LogP contribution >= 0.6 is 0 Å². The van der Waals surface area contributed by atoms with Crippen LogP contribution in [0, 0.1) is 0 Å². The number of guanidine groups is 1. The quantitative estimate of drug-likeness (QED) is 0.389. The van der Waals surface area contributed by atoms with E-state index in [9.17, 15) is 0 Å². The van der Waals surface area contributed by atoms with Crippen LogP contribution in [-0.2, 0) is 6.54 Å². The fourth-order valence-corrected chi connectivity index (χ4v) is 3.65. The zero-order valence-electron chi connectivity index (χ0n) is 18.7. The van der Waals surface area contributed by atoms with Gasteiger partial charge in [0.05, 0.1) is 6.04 Å². The first-order valence-electron chi connectivity index (χ1n) is 11.0. The van der Waals surface area contributed by atoms with Gasteiger partial charge in [0.25, 0.3) is 0 Å². The average molecular weight is 420 g/mol. The summed E-state index contributed by atoms with van der Waals surface area (Å²) in [4.78, 5) is 7.23. The van der Waals surface area contributed by atoms with Gasteiger partial charge in [0.1, 0.15) is 12.9 Å². The molecule has 0 radical (unpaired) electrons. The molecule has 0 saturated heterocycles. The normalized spacial score (nSPS) is 12.7. The van der Waals surface area contributed by atoms with Crippen molar-refractivity contribution < 1.29 is 0 Å². The molecule has 164 valence electrons. The van der Waals surface area contributed by atoms with Crippen LogP contribution in [0.1, 0.15) is 38.2 Å². The molecule has 1 unspecified atom stereocenters. The predicted octanol–water partition coefficient (Wildman–Crippen LogP) is 3.41. The van der Waals surface area contributed by atoms with E-state index in [4.69, 9.17) is 4.99 Å². The van der Waals surface area contributed by atoms with Crippen molar-refractivity contribution in [1.82, 2.24) is 30.3 Å². The van der Waals surface area contributed by atoms with Gasteiger partial charge in [-0.25, -0.2) is 4.99 Å². The van der Waals surface area contributed by atoms with Gasteiger partial charge in [-0.15, -0.1) is 10.2 Å². The Morgan fingerprint density at radius 1 is 0.968 bits per heavy atom. The van der Waals surface area contributed by atoms with Crippen molar-refractivity contribution in [3.63, 3.8) is 0 Å². The molecule has 2 aromatic carbocycles. The lowest BCUT2D eigenvalue weighted by molar-refractivity contribution is 0.219. The summed E-state index contributed by atoms with van der Waals surface area (Å²) in [5, 5.41) is 15.2. The van der Waals surface area contributed by atoms with Gasteiger partial charge in [0.2, 0.25) is 0 Å². The highest BCUT2D eigenvalue weighted by Gasteiger charge is 2.18. The van der Waals surface area contributed by atoms with Crippen molar-refractivity contribution in [1.29, 1.82) is 0 Å². The molecular weight excluding hydrogens is 386 g/mol. The third-order valence-electron chi connectivity index (χ3n) is 5.28. The van der Waals surface area contributed by atoms with Gasteiger partial charge in [-0.1, -0.05) is 62.4 Å². The summed E-state index contributed by atoms with van der Waals surface area (Å²) in [6, 6.07) is 21.0. The minimum Gasteiger partial charge on any atom is -0.357 e. The number of para-hydroxylation sites is 1. The van der Waals surface area contributed by atoms with E-state index in [0.29, 0.717) is 6.54 Å². The fourth-order valence-electron chi connectivity index (χ4n) is 3.65. The van der Waals surface area contributed by atoms with Crippen LogP contribution < -0.4 is 10.6 Å². The van der Waals surface area contributed by atoms with E-state index in [1.807, 2.05) is 34.9 Å². The summed E-state index contributed by atoms with van der Waals surface area (Å²) < 4.78 is 1.97. The van der Waals surface area contributed by atoms with Gasteiger partial charge < -0.3 is 10.6 Å². The van der Waals surface area contributed by atoms with Crippen molar-refractivity contribution in [3.05, 3.63) is 78.4 Å². The molecule has 0 aliphatic heterocycles. The number of likely N-dealkylation sites (N-methyl/N-ethyl adjacent to an activating group) is 1. The molecule has 0 aliphatic rings. The molecule has 3 rings (SSSR count). The minimum atomic E-state index is 0.271. The lowest BCUT2D eigenvalue weighted by Crippen LogP contribution is -2.43. The van der Waals surface area contributed by atoms with Crippen molar-refractivity contribution in [2.75, 3.05) is 26.2 Å². The van der Waals surface area contributed by atoms with Gasteiger partial charge >= 0.3 is 0 Å². The topological polar surface area (TPSA) is 70.4 Å². The molecule has 0 bridgehead atoms. The monoisotopic (exact) mass is 419 g/mol. The van der Waals surface area contributed by atoms with E-state index in [2.05, 4.69) is 76.8 Å². The van der Waals surface area contributed by atoms with Gasteiger partial charge in [-0.05, 0) is 37.7 Å². The maximum atomic E-state index is 4.77. The molecule has 31 heavy (non-hydrogen) atoms. The maximum absolute atomic E-state index is 4.77. The second-order valence-electron chi connectivity index (χ2n) is 7.18. The van der Waals surface area contributed by atoms with E-state index < -0.39 is 0 Å². The molecule has 7 heteroatoms.